The van der Waals surface area contributed by atoms with Crippen molar-refractivity contribution in [2.24, 2.45) is 0 Å². The Bertz CT molecular complexity index is 137. The lowest BCUT2D eigenvalue weighted by molar-refractivity contribution is -0.185. The molecule has 0 bridgehead atoms. The zero-order chi connectivity index (χ0) is 8.74. The van der Waals surface area contributed by atoms with Crippen LogP contribution in [0.25, 0.3) is 0 Å². The van der Waals surface area contributed by atoms with Crippen LogP contribution < -0.4 is 0 Å². The molecular formula is C5H13O5P. The summed E-state index contributed by atoms with van der Waals surface area (Å²) in [7, 11) is -2.38. The second-order valence-corrected chi connectivity index (χ2v) is 3.90. The van der Waals surface area contributed by atoms with Crippen molar-refractivity contribution in [3.63, 3.8) is 0 Å². The number of hydrogen-bond donors (Lipinski definition) is 2. The van der Waals surface area contributed by atoms with E-state index in [1.54, 1.807) is 0 Å². The summed E-state index contributed by atoms with van der Waals surface area (Å²) in [6, 6.07) is 0. The summed E-state index contributed by atoms with van der Waals surface area (Å²) in [6.45, 7) is 0.0208. The number of hydrogen-bond acceptors (Lipinski definition) is 4. The lowest BCUT2D eigenvalue weighted by Gasteiger charge is -2.07. The summed E-state index contributed by atoms with van der Waals surface area (Å²) in [5, 5.41) is 8.35. The first-order valence-electron chi connectivity index (χ1n) is 3.27. The molecule has 0 fully saturated rings. The maximum atomic E-state index is 10.8. The summed E-state index contributed by atoms with van der Waals surface area (Å²) in [5.74, 6) is 0. The van der Waals surface area contributed by atoms with Crippen molar-refractivity contribution in [3.8, 4) is 0 Å². The molecule has 0 radical (unpaired) electrons. The minimum absolute atomic E-state index is 0.0153. The average Bonchev–Trinajstić information content (AvgIpc) is 1.87. The molecule has 0 aromatic rings. The highest BCUT2D eigenvalue weighted by molar-refractivity contribution is 7.52. The fourth-order valence-electron chi connectivity index (χ4n) is 0.577. The van der Waals surface area contributed by atoms with Gasteiger partial charge in [-0.15, -0.1) is 4.67 Å². The molecule has 0 heterocycles. The molecule has 11 heavy (non-hydrogen) atoms. The smallest absolute Gasteiger partial charge is 0.355 e. The van der Waals surface area contributed by atoms with Crippen LogP contribution in [0.1, 0.15) is 12.8 Å². The molecule has 0 aliphatic rings. The molecule has 68 valence electrons. The minimum atomic E-state index is -3.56. The van der Waals surface area contributed by atoms with Gasteiger partial charge in [0.15, 0.2) is 0 Å². The number of unbranched alkanes of at least 4 members (excludes halogenated alkanes) is 1. The molecule has 0 spiro atoms. The number of aliphatic hydroxyl groups is 1. The van der Waals surface area contributed by atoms with E-state index in [1.165, 1.54) is 7.11 Å². The second kappa shape index (κ2) is 5.69. The lowest BCUT2D eigenvalue weighted by atomic mass is 10.4. The van der Waals surface area contributed by atoms with Gasteiger partial charge in [-0.05, 0) is 12.8 Å². The van der Waals surface area contributed by atoms with Gasteiger partial charge in [-0.1, -0.05) is 0 Å². The van der Waals surface area contributed by atoms with Crippen molar-refractivity contribution in [2.75, 3.05) is 19.9 Å². The summed E-state index contributed by atoms with van der Waals surface area (Å²) in [5.41, 5.74) is 0. The van der Waals surface area contributed by atoms with Gasteiger partial charge < -0.3 is 10.00 Å². The Hall–Kier alpha value is 0.0700. The second-order valence-electron chi connectivity index (χ2n) is 2.03. The summed E-state index contributed by atoms with van der Waals surface area (Å²) in [6.07, 6.45) is 0.965. The fraction of sp³-hybridized carbons (Fsp3) is 1.00. The van der Waals surface area contributed by atoms with Gasteiger partial charge in [0.1, 0.15) is 0 Å². The van der Waals surface area contributed by atoms with E-state index in [4.69, 9.17) is 10.00 Å². The predicted octanol–water partition coefficient (Wildman–Crippen LogP) is 0.522. The molecule has 5 nitrogen and oxygen atoms in total. The van der Waals surface area contributed by atoms with Gasteiger partial charge >= 0.3 is 7.60 Å². The Kier molecular flexibility index (Phi) is 5.72. The molecule has 0 aliphatic heterocycles. The normalized spacial score (nSPS) is 16.3. The Morgan fingerprint density at radius 2 is 2.09 bits per heavy atom. The highest BCUT2D eigenvalue weighted by Gasteiger charge is 2.18. The molecule has 0 saturated heterocycles. The minimum Gasteiger partial charge on any atom is -0.396 e. The van der Waals surface area contributed by atoms with Crippen LogP contribution in [-0.4, -0.2) is 29.9 Å². The third-order valence-corrected chi connectivity index (χ3v) is 2.30. The molecule has 2 N–H and O–H groups in total. The van der Waals surface area contributed by atoms with E-state index in [0.717, 1.165) is 0 Å². The van der Waals surface area contributed by atoms with Gasteiger partial charge in [0.05, 0.1) is 13.3 Å². The Labute approximate surface area is 65.4 Å². The topological polar surface area (TPSA) is 76.0 Å². The molecule has 1 atom stereocenters. The van der Waals surface area contributed by atoms with Crippen molar-refractivity contribution in [3.05, 3.63) is 0 Å². The summed E-state index contributed by atoms with van der Waals surface area (Å²) in [4.78, 5) is 12.9. The van der Waals surface area contributed by atoms with Crippen LogP contribution >= 0.6 is 7.60 Å². The van der Waals surface area contributed by atoms with Crippen LogP contribution in [0.5, 0.6) is 0 Å². The largest absolute Gasteiger partial charge is 0.396 e. The van der Waals surface area contributed by atoms with E-state index >= 15 is 0 Å². The summed E-state index contributed by atoms with van der Waals surface area (Å²) >= 11 is 0. The van der Waals surface area contributed by atoms with Crippen molar-refractivity contribution in [1.82, 2.24) is 0 Å². The Balaban J connectivity index is 3.47. The van der Waals surface area contributed by atoms with Crippen molar-refractivity contribution >= 4 is 7.60 Å². The molecule has 6 heteroatoms. The van der Waals surface area contributed by atoms with Crippen LogP contribution in [0.15, 0.2) is 0 Å². The van der Waals surface area contributed by atoms with E-state index in [-0.39, 0.29) is 12.8 Å². The Morgan fingerprint density at radius 1 is 1.45 bits per heavy atom. The standard InChI is InChI=1S/C5H13O5P/c1-9-10-11(7,8)5-3-2-4-6/h6H,2-5H2,1H3,(H,7,8). The molecule has 0 rings (SSSR count). The first-order chi connectivity index (χ1) is 5.12. The van der Waals surface area contributed by atoms with Gasteiger partial charge in [0.2, 0.25) is 0 Å². The van der Waals surface area contributed by atoms with E-state index in [1.807, 2.05) is 0 Å². The third-order valence-electron chi connectivity index (χ3n) is 1.04. The van der Waals surface area contributed by atoms with Gasteiger partial charge in [-0.25, -0.2) is 4.89 Å². The molecular weight excluding hydrogens is 171 g/mol. The van der Waals surface area contributed by atoms with Gasteiger partial charge in [-0.3, -0.25) is 4.57 Å². The highest BCUT2D eigenvalue weighted by atomic mass is 31.2. The van der Waals surface area contributed by atoms with Crippen LogP contribution in [0.2, 0.25) is 0 Å². The summed E-state index contributed by atoms with van der Waals surface area (Å²) < 4.78 is 14.9. The highest BCUT2D eigenvalue weighted by Crippen LogP contribution is 2.42. The molecule has 0 aromatic carbocycles. The number of rotatable bonds is 6. The SMILES string of the molecule is COOP(=O)(O)CCCCO. The molecule has 1 unspecified atom stereocenters. The van der Waals surface area contributed by atoms with Crippen LogP contribution in [0, 0.1) is 0 Å². The monoisotopic (exact) mass is 184 g/mol. The average molecular weight is 184 g/mol. The van der Waals surface area contributed by atoms with E-state index < -0.39 is 7.60 Å². The maximum Gasteiger partial charge on any atom is 0.355 e. The third kappa shape index (κ3) is 6.47. The quantitative estimate of drug-likeness (QED) is 0.272. The van der Waals surface area contributed by atoms with Gasteiger partial charge in [0, 0.05) is 6.61 Å². The van der Waals surface area contributed by atoms with Crippen LogP contribution in [-0.2, 0) is 14.1 Å². The maximum absolute atomic E-state index is 10.8. The first-order valence-corrected chi connectivity index (χ1v) is 5.04. The molecule has 0 amide bonds. The molecule has 0 aromatic heterocycles. The molecule has 0 aliphatic carbocycles. The van der Waals surface area contributed by atoms with Crippen LogP contribution in [0.4, 0.5) is 0 Å². The van der Waals surface area contributed by atoms with E-state index in [2.05, 4.69) is 9.56 Å². The zero-order valence-corrected chi connectivity index (χ0v) is 7.29. The predicted molar refractivity (Wildman–Crippen MR) is 39.1 cm³/mol. The van der Waals surface area contributed by atoms with Gasteiger partial charge in [-0.2, -0.15) is 0 Å². The number of aliphatic hydroxyl groups excluding tert-OH is 1. The van der Waals surface area contributed by atoms with Crippen LogP contribution in [0.3, 0.4) is 0 Å². The first kappa shape index (κ1) is 11.1. The van der Waals surface area contributed by atoms with Crippen molar-refractivity contribution in [1.29, 1.82) is 0 Å². The van der Waals surface area contributed by atoms with Crippen molar-refractivity contribution < 1.29 is 24.1 Å². The van der Waals surface area contributed by atoms with Crippen molar-refractivity contribution in [2.45, 2.75) is 12.8 Å². The van der Waals surface area contributed by atoms with Gasteiger partial charge in [0.25, 0.3) is 0 Å². The molecule has 0 saturated carbocycles. The Morgan fingerprint density at radius 3 is 2.55 bits per heavy atom. The van der Waals surface area contributed by atoms with E-state index in [9.17, 15) is 4.57 Å². The van der Waals surface area contributed by atoms with E-state index in [0.29, 0.717) is 12.8 Å². The fourth-order valence-corrected chi connectivity index (χ4v) is 1.51. The lowest BCUT2D eigenvalue weighted by Crippen LogP contribution is -1.95. The zero-order valence-electron chi connectivity index (χ0n) is 6.39.